The molecule has 1 aromatic heterocycles. The highest BCUT2D eigenvalue weighted by atomic mass is 35.5. The minimum absolute atomic E-state index is 0.208. The van der Waals surface area contributed by atoms with Crippen molar-refractivity contribution in [2.45, 2.75) is 5.63 Å². The second-order valence-electron chi connectivity index (χ2n) is 2.21. The summed E-state index contributed by atoms with van der Waals surface area (Å²) in [6, 6.07) is 0. The molecule has 4 nitrogen and oxygen atoms in total. The smallest absolute Gasteiger partial charge is 0.339 e. The molecule has 0 aliphatic heterocycles. The van der Waals surface area contributed by atoms with Gasteiger partial charge in [0.25, 0.3) is 0 Å². The Kier molecular flexibility index (Phi) is 2.32. The quantitative estimate of drug-likeness (QED) is 0.720. The number of nitrogens with zero attached hydrogens (tertiary/aromatic N) is 2. The molecule has 6 heteroatoms. The first-order chi connectivity index (χ1) is 5.52. The molecule has 1 unspecified atom stereocenters. The number of aromatic nitrogens is 2. The molecule has 66 valence electrons. The number of carboxylic acid groups (broad SMARTS) is 1. The van der Waals surface area contributed by atoms with Gasteiger partial charge >= 0.3 is 5.97 Å². The fourth-order valence-corrected chi connectivity index (χ4v) is 0.993. The van der Waals surface area contributed by atoms with Crippen LogP contribution in [0.3, 0.4) is 0 Å². The molecule has 1 heterocycles. The second kappa shape index (κ2) is 3.10. The first-order valence-electron chi connectivity index (χ1n) is 3.07. The van der Waals surface area contributed by atoms with Gasteiger partial charge in [-0.1, -0.05) is 11.6 Å². The second-order valence-corrected chi connectivity index (χ2v) is 2.59. The van der Waals surface area contributed by atoms with E-state index < -0.39 is 11.6 Å². The van der Waals surface area contributed by atoms with Gasteiger partial charge in [0.05, 0.1) is 0 Å². The van der Waals surface area contributed by atoms with Gasteiger partial charge in [-0.05, 0) is 0 Å². The summed E-state index contributed by atoms with van der Waals surface area (Å²) in [5.41, 5.74) is -2.34. The third-order valence-corrected chi connectivity index (χ3v) is 1.50. The molecule has 0 radical (unpaired) electrons. The van der Waals surface area contributed by atoms with Gasteiger partial charge in [-0.2, -0.15) is 5.10 Å². The van der Waals surface area contributed by atoms with Gasteiger partial charge in [-0.15, -0.1) is 0 Å². The molecule has 1 atom stereocenters. The van der Waals surface area contributed by atoms with Crippen molar-refractivity contribution < 1.29 is 14.3 Å². The highest BCUT2D eigenvalue weighted by molar-refractivity contribution is 6.20. The van der Waals surface area contributed by atoms with Gasteiger partial charge in [-0.3, -0.25) is 4.68 Å². The first-order valence-corrected chi connectivity index (χ1v) is 3.51. The van der Waals surface area contributed by atoms with Crippen molar-refractivity contribution in [3.8, 4) is 0 Å². The highest BCUT2D eigenvalue weighted by Gasteiger charge is 2.20. The zero-order valence-electron chi connectivity index (χ0n) is 6.16. The normalized spacial score (nSPS) is 12.9. The molecule has 0 bridgehead atoms. The van der Waals surface area contributed by atoms with Gasteiger partial charge in [-0.25, -0.2) is 9.18 Å². The van der Waals surface area contributed by atoms with Crippen molar-refractivity contribution in [2.75, 3.05) is 0 Å². The van der Waals surface area contributed by atoms with Crippen LogP contribution in [0, 0.1) is 0 Å². The zero-order chi connectivity index (χ0) is 9.30. The van der Waals surface area contributed by atoms with Crippen LogP contribution in [-0.4, -0.2) is 20.9 Å². The summed E-state index contributed by atoms with van der Waals surface area (Å²) >= 11 is 5.06. The lowest BCUT2D eigenvalue weighted by atomic mass is 10.3. The van der Waals surface area contributed by atoms with E-state index in [0.29, 0.717) is 0 Å². The summed E-state index contributed by atoms with van der Waals surface area (Å²) in [4.78, 5) is 10.5. The van der Waals surface area contributed by atoms with E-state index in [2.05, 4.69) is 5.10 Å². The number of carboxylic acids is 1. The van der Waals surface area contributed by atoms with E-state index in [0.717, 1.165) is 0 Å². The van der Waals surface area contributed by atoms with Crippen molar-refractivity contribution in [3.63, 3.8) is 0 Å². The lowest BCUT2D eigenvalue weighted by Crippen LogP contribution is -1.99. The zero-order valence-corrected chi connectivity index (χ0v) is 6.92. The predicted octanol–water partition coefficient (Wildman–Crippen LogP) is 1.33. The molecule has 0 saturated heterocycles. The average Bonchev–Trinajstić information content (AvgIpc) is 2.31. The average molecular weight is 193 g/mol. The van der Waals surface area contributed by atoms with Gasteiger partial charge in [0, 0.05) is 13.2 Å². The highest BCUT2D eigenvalue weighted by Crippen LogP contribution is 2.23. The molecule has 0 aromatic carbocycles. The Hall–Kier alpha value is -1.10. The third-order valence-electron chi connectivity index (χ3n) is 1.29. The summed E-state index contributed by atoms with van der Waals surface area (Å²) in [5.74, 6) is -1.23. The maximum absolute atomic E-state index is 12.5. The molecule has 0 aliphatic rings. The monoisotopic (exact) mass is 192 g/mol. The Morgan fingerprint density at radius 3 is 2.83 bits per heavy atom. The Morgan fingerprint density at radius 2 is 2.50 bits per heavy atom. The van der Waals surface area contributed by atoms with Crippen LogP contribution in [0.2, 0.25) is 0 Å². The van der Waals surface area contributed by atoms with Crippen LogP contribution in [-0.2, 0) is 7.05 Å². The van der Waals surface area contributed by atoms with Gasteiger partial charge in [0.15, 0.2) is 0 Å². The Balaban J connectivity index is 3.17. The molecule has 1 aromatic rings. The number of rotatable bonds is 2. The number of hydrogen-bond donors (Lipinski definition) is 1. The van der Waals surface area contributed by atoms with E-state index in [1.54, 1.807) is 0 Å². The number of aromatic carboxylic acids is 1. The van der Waals surface area contributed by atoms with Gasteiger partial charge in [0.2, 0.25) is 5.63 Å². The molecule has 1 rings (SSSR count). The van der Waals surface area contributed by atoms with E-state index in [9.17, 15) is 9.18 Å². The van der Waals surface area contributed by atoms with Crippen LogP contribution in [0.5, 0.6) is 0 Å². The first kappa shape index (κ1) is 8.99. The van der Waals surface area contributed by atoms with Crippen LogP contribution in [0.4, 0.5) is 4.39 Å². The summed E-state index contributed by atoms with van der Waals surface area (Å²) in [6.45, 7) is 0. The van der Waals surface area contributed by atoms with E-state index in [4.69, 9.17) is 16.7 Å². The minimum Gasteiger partial charge on any atom is -0.478 e. The molecule has 0 amide bonds. The van der Waals surface area contributed by atoms with E-state index in [-0.39, 0.29) is 11.3 Å². The lowest BCUT2D eigenvalue weighted by molar-refractivity contribution is 0.0694. The summed E-state index contributed by atoms with van der Waals surface area (Å²) < 4.78 is 13.7. The molecule has 0 fully saturated rings. The predicted molar refractivity (Wildman–Crippen MR) is 39.9 cm³/mol. The lowest BCUT2D eigenvalue weighted by Gasteiger charge is -1.94. The maximum atomic E-state index is 12.5. The van der Waals surface area contributed by atoms with Crippen LogP contribution >= 0.6 is 11.6 Å². The van der Waals surface area contributed by atoms with Crippen molar-refractivity contribution >= 4 is 17.6 Å². The van der Waals surface area contributed by atoms with Crippen LogP contribution in [0.15, 0.2) is 6.20 Å². The fourth-order valence-electron chi connectivity index (χ4n) is 0.832. The number of carbonyl (C=O) groups is 1. The van der Waals surface area contributed by atoms with Crippen LogP contribution < -0.4 is 0 Å². The van der Waals surface area contributed by atoms with Gasteiger partial charge < -0.3 is 5.11 Å². The molecule has 0 aliphatic carbocycles. The largest absolute Gasteiger partial charge is 0.478 e. The molecule has 0 spiro atoms. The third kappa shape index (κ3) is 1.55. The van der Waals surface area contributed by atoms with E-state index in [1.165, 1.54) is 17.9 Å². The Labute approximate surface area is 72.6 Å². The number of alkyl halides is 2. The van der Waals surface area contributed by atoms with E-state index >= 15 is 0 Å². The van der Waals surface area contributed by atoms with Crippen molar-refractivity contribution in [1.29, 1.82) is 0 Å². The van der Waals surface area contributed by atoms with Crippen LogP contribution in [0.25, 0.3) is 0 Å². The Bertz CT molecular complexity index is 310. The summed E-state index contributed by atoms with van der Waals surface area (Å²) in [6.07, 6.45) is 1.20. The number of aryl methyl sites for hydroxylation is 1. The summed E-state index contributed by atoms with van der Waals surface area (Å²) in [7, 11) is 1.50. The molecular formula is C6H6ClFN2O2. The molecule has 0 saturated carbocycles. The molecule has 12 heavy (non-hydrogen) atoms. The van der Waals surface area contributed by atoms with Gasteiger partial charge in [0.1, 0.15) is 11.3 Å². The van der Waals surface area contributed by atoms with Crippen LogP contribution in [0.1, 0.15) is 21.7 Å². The number of halogens is 2. The standard InChI is InChI=1S/C6H6ClFN2O2/c1-10-2-3(6(11)12)4(9-10)5(7)8/h2,5H,1H3,(H,11,12). The molecule has 1 N–H and O–H groups in total. The fraction of sp³-hybridized carbons (Fsp3) is 0.333. The Morgan fingerprint density at radius 1 is 1.92 bits per heavy atom. The SMILES string of the molecule is Cn1cc(C(=O)O)c(C(F)Cl)n1. The van der Waals surface area contributed by atoms with Crippen molar-refractivity contribution in [3.05, 3.63) is 17.5 Å². The van der Waals surface area contributed by atoms with Crippen molar-refractivity contribution in [1.82, 2.24) is 9.78 Å². The van der Waals surface area contributed by atoms with E-state index in [1.807, 2.05) is 0 Å². The minimum atomic E-state index is -1.88. The molecular weight excluding hydrogens is 187 g/mol. The topological polar surface area (TPSA) is 55.1 Å². The van der Waals surface area contributed by atoms with Crippen molar-refractivity contribution in [2.24, 2.45) is 7.05 Å². The maximum Gasteiger partial charge on any atom is 0.339 e. The number of hydrogen-bond acceptors (Lipinski definition) is 2. The summed E-state index contributed by atoms with van der Waals surface area (Å²) in [5, 5.41) is 12.1.